The fourth-order valence-electron chi connectivity index (χ4n) is 12.6. The smallest absolute Gasteiger partial charge is 0.101 e. The summed E-state index contributed by atoms with van der Waals surface area (Å²) in [6.07, 6.45) is 0. The van der Waals surface area contributed by atoms with Crippen molar-refractivity contribution in [3.63, 3.8) is 0 Å². The molecule has 3 nitrogen and oxygen atoms in total. The van der Waals surface area contributed by atoms with Gasteiger partial charge in [-0.3, -0.25) is 0 Å². The third-order valence-electron chi connectivity index (χ3n) is 15.7. The molecule has 0 aliphatic heterocycles. The van der Waals surface area contributed by atoms with Gasteiger partial charge in [-0.15, -0.1) is 10.2 Å². The average Bonchev–Trinajstić information content (AvgIpc) is 3.87. The van der Waals surface area contributed by atoms with Crippen LogP contribution in [-0.4, -0.2) is 14.8 Å². The molecule has 2 heterocycles. The highest BCUT2D eigenvalue weighted by molar-refractivity contribution is 6.30. The lowest BCUT2D eigenvalue weighted by Crippen LogP contribution is -2.14. The molecule has 0 N–H and O–H groups in total. The van der Waals surface area contributed by atoms with Crippen LogP contribution in [0.25, 0.3) is 137 Å². The zero-order valence-electron chi connectivity index (χ0n) is 38.7. The third-order valence-corrected chi connectivity index (χ3v) is 15.7. The van der Waals surface area contributed by atoms with E-state index in [1.807, 2.05) is 0 Å². The second-order valence-corrected chi connectivity index (χ2v) is 19.6. The molecule has 0 radical (unpaired) electrons. The van der Waals surface area contributed by atoms with E-state index in [0.717, 1.165) is 55.3 Å². The highest BCUT2D eigenvalue weighted by atomic mass is 15.1. The van der Waals surface area contributed by atoms with Crippen molar-refractivity contribution in [3.05, 3.63) is 236 Å². The Labute approximate surface area is 404 Å². The van der Waals surface area contributed by atoms with Gasteiger partial charge in [0.2, 0.25) is 0 Å². The van der Waals surface area contributed by atoms with Crippen molar-refractivity contribution in [1.82, 2.24) is 14.8 Å². The van der Waals surface area contributed by atoms with Crippen LogP contribution in [0.1, 0.15) is 25.0 Å². The van der Waals surface area contributed by atoms with Gasteiger partial charge in [0.05, 0.1) is 16.7 Å². The predicted octanol–water partition coefficient (Wildman–Crippen LogP) is 17.8. The third kappa shape index (κ3) is 5.35. The summed E-state index contributed by atoms with van der Waals surface area (Å²) in [4.78, 5) is 0. The van der Waals surface area contributed by atoms with E-state index in [1.165, 1.54) is 92.8 Å². The number of rotatable bonds is 4. The molecule has 0 saturated heterocycles. The Morgan fingerprint density at radius 3 is 1.53 bits per heavy atom. The first kappa shape index (κ1) is 39.1. The van der Waals surface area contributed by atoms with Crippen molar-refractivity contribution in [2.45, 2.75) is 19.3 Å². The quantitative estimate of drug-likeness (QED) is 0.165. The highest BCUT2D eigenvalue weighted by Gasteiger charge is 2.37. The van der Waals surface area contributed by atoms with Gasteiger partial charge in [0.15, 0.2) is 0 Å². The molecule has 0 atom stereocenters. The molecule has 3 heteroatoms. The van der Waals surface area contributed by atoms with Crippen LogP contribution in [0.15, 0.2) is 224 Å². The Morgan fingerprint density at radius 2 is 0.786 bits per heavy atom. The van der Waals surface area contributed by atoms with E-state index in [9.17, 15) is 0 Å². The van der Waals surface area contributed by atoms with E-state index in [-0.39, 0.29) is 5.41 Å². The van der Waals surface area contributed by atoms with Crippen molar-refractivity contribution in [2.24, 2.45) is 0 Å². The number of hydrogen-bond acceptors (Lipinski definition) is 2. The maximum absolute atomic E-state index is 5.20. The first-order valence-corrected chi connectivity index (χ1v) is 24.3. The Balaban J connectivity index is 0.974. The van der Waals surface area contributed by atoms with Crippen LogP contribution in [0.2, 0.25) is 0 Å². The second kappa shape index (κ2) is 14.5. The second-order valence-electron chi connectivity index (χ2n) is 19.6. The molecule has 14 aromatic rings. The Morgan fingerprint density at radius 1 is 0.314 bits per heavy atom. The Kier molecular flexibility index (Phi) is 8.13. The van der Waals surface area contributed by atoms with Gasteiger partial charge in [0, 0.05) is 43.5 Å². The summed E-state index contributed by atoms with van der Waals surface area (Å²) < 4.78 is 2.51. The summed E-state index contributed by atoms with van der Waals surface area (Å²) in [5, 5.41) is 27.4. The molecule has 70 heavy (non-hydrogen) atoms. The monoisotopic (exact) mass is 889 g/mol. The van der Waals surface area contributed by atoms with Crippen LogP contribution in [-0.2, 0) is 5.41 Å². The largest absolute Gasteiger partial charge is 0.309 e. The first-order valence-electron chi connectivity index (χ1n) is 24.3. The molecule has 0 saturated carbocycles. The molecular weight excluding hydrogens is 847 g/mol. The van der Waals surface area contributed by atoms with Crippen molar-refractivity contribution in [2.75, 3.05) is 0 Å². The van der Waals surface area contributed by atoms with Crippen LogP contribution in [0.5, 0.6) is 0 Å². The van der Waals surface area contributed by atoms with Crippen molar-refractivity contribution in [1.29, 1.82) is 0 Å². The maximum Gasteiger partial charge on any atom is 0.101 e. The lowest BCUT2D eigenvalue weighted by Gasteiger charge is -2.21. The minimum Gasteiger partial charge on any atom is -0.309 e. The summed E-state index contributed by atoms with van der Waals surface area (Å²) >= 11 is 0. The van der Waals surface area contributed by atoms with E-state index in [2.05, 4.69) is 243 Å². The van der Waals surface area contributed by atoms with Gasteiger partial charge >= 0.3 is 0 Å². The minimum atomic E-state index is -0.114. The molecule has 0 amide bonds. The summed E-state index contributed by atoms with van der Waals surface area (Å²) in [5.41, 5.74) is 15.0. The van der Waals surface area contributed by atoms with E-state index >= 15 is 0 Å². The van der Waals surface area contributed by atoms with Gasteiger partial charge in [-0.2, -0.15) is 0 Å². The minimum absolute atomic E-state index is 0.114. The number of hydrogen-bond donors (Lipinski definition) is 0. The molecule has 0 bridgehead atoms. The number of fused-ring (bicyclic) bond motifs is 15. The van der Waals surface area contributed by atoms with E-state index in [1.54, 1.807) is 0 Å². The lowest BCUT2D eigenvalue weighted by molar-refractivity contribution is 0.660. The topological polar surface area (TPSA) is 30.7 Å². The highest BCUT2D eigenvalue weighted by Crippen LogP contribution is 2.53. The summed E-state index contributed by atoms with van der Waals surface area (Å²) in [7, 11) is 0. The van der Waals surface area contributed by atoms with E-state index in [4.69, 9.17) is 10.2 Å². The zero-order chi connectivity index (χ0) is 46.2. The molecule has 0 fully saturated rings. The lowest BCUT2D eigenvalue weighted by atomic mass is 9.82. The summed E-state index contributed by atoms with van der Waals surface area (Å²) in [6.45, 7) is 4.66. The van der Waals surface area contributed by atoms with Crippen LogP contribution in [0.3, 0.4) is 0 Å². The molecule has 12 aromatic carbocycles. The average molecular weight is 890 g/mol. The molecule has 0 unspecified atom stereocenters. The van der Waals surface area contributed by atoms with Crippen LogP contribution in [0, 0.1) is 0 Å². The zero-order valence-corrected chi connectivity index (χ0v) is 38.7. The van der Waals surface area contributed by atoms with E-state index < -0.39 is 0 Å². The Bertz CT molecular complexity index is 4530. The fourth-order valence-corrected chi connectivity index (χ4v) is 12.6. The number of benzene rings is 12. The van der Waals surface area contributed by atoms with Gasteiger partial charge < -0.3 is 4.57 Å². The number of aromatic nitrogens is 3. The summed E-state index contributed by atoms with van der Waals surface area (Å²) in [5.74, 6) is 0. The summed E-state index contributed by atoms with van der Waals surface area (Å²) in [6, 6.07) is 82.7. The predicted molar refractivity (Wildman–Crippen MR) is 295 cm³/mol. The standard InChI is InChI=1S/C67H43N3/c1-67(2)57-34-12-11-26-54(57)63-55(33-15-35-58(63)67)66-53-25-10-9-24-52(53)65(68-69-66)51-32-13-28-46-45(51)27-16-36-59(46)70-60-37-17-31-50(64(60)56-38-40-18-3-4-19-41(40)39-61(56)70)49-30-14-29-48-44-21-6-5-20-42(44)43-22-7-8-23-47(43)62(48)49/h3-39H,1-2H3. The molecule has 1 aliphatic carbocycles. The van der Waals surface area contributed by atoms with Gasteiger partial charge in [-0.1, -0.05) is 214 Å². The maximum atomic E-state index is 5.20. The first-order chi connectivity index (χ1) is 34.5. The normalized spacial score (nSPS) is 13.1. The van der Waals surface area contributed by atoms with Gasteiger partial charge in [-0.25, -0.2) is 0 Å². The Hall–Kier alpha value is -8.92. The van der Waals surface area contributed by atoms with Crippen LogP contribution < -0.4 is 0 Å². The van der Waals surface area contributed by atoms with Crippen molar-refractivity contribution < 1.29 is 0 Å². The van der Waals surface area contributed by atoms with E-state index in [0.29, 0.717) is 0 Å². The number of nitrogens with zero attached hydrogens (tertiary/aromatic N) is 3. The van der Waals surface area contributed by atoms with Gasteiger partial charge in [0.1, 0.15) is 11.4 Å². The van der Waals surface area contributed by atoms with Gasteiger partial charge in [0.25, 0.3) is 0 Å². The van der Waals surface area contributed by atoms with Crippen molar-refractivity contribution >= 4 is 86.4 Å². The van der Waals surface area contributed by atoms with Crippen LogP contribution in [0.4, 0.5) is 0 Å². The molecule has 2 aromatic heterocycles. The molecule has 326 valence electrons. The molecule has 0 spiro atoms. The van der Waals surface area contributed by atoms with Crippen molar-refractivity contribution in [3.8, 4) is 50.5 Å². The fraction of sp³-hybridized carbons (Fsp3) is 0.0448. The molecule has 15 rings (SSSR count). The SMILES string of the molecule is CC1(C)c2ccccc2-c2c(-c3nnc(-c4cccc5c(-n6c7cc8ccccc8cc7c7c(-c8cccc9c%10ccccc%10c%10ccccc%10c89)cccc76)cccc45)c4ccccc34)cccc21. The van der Waals surface area contributed by atoms with Crippen LogP contribution >= 0.6 is 0 Å². The molecule has 1 aliphatic rings. The molecular formula is C67H43N3. The van der Waals surface area contributed by atoms with Gasteiger partial charge in [-0.05, 0) is 106 Å².